The van der Waals surface area contributed by atoms with E-state index in [1.807, 2.05) is 6.07 Å². The molecule has 0 radical (unpaired) electrons. The van der Waals surface area contributed by atoms with Gasteiger partial charge in [-0.1, -0.05) is 18.6 Å². The van der Waals surface area contributed by atoms with E-state index in [9.17, 15) is 24.6 Å². The molecule has 0 heterocycles. The molecule has 10 nitrogen and oxygen atoms in total. The summed E-state index contributed by atoms with van der Waals surface area (Å²) in [6.45, 7) is 2.83. The lowest BCUT2D eigenvalue weighted by Crippen LogP contribution is -2.69. The Bertz CT molecular complexity index is 1810. The number of aliphatic hydroxyl groups is 1. The summed E-state index contributed by atoms with van der Waals surface area (Å²) in [6, 6.07) is 13.7. The third-order valence-corrected chi connectivity index (χ3v) is 11.0. The van der Waals surface area contributed by atoms with Gasteiger partial charge in [-0.3, -0.25) is 4.79 Å². The second kappa shape index (κ2) is 11.4. The van der Waals surface area contributed by atoms with Crippen LogP contribution in [0.5, 0.6) is 17.2 Å². The number of carbonyl (C=O) groups excluding carboxylic acids is 3. The number of carbonyl (C=O) groups is 3. The lowest BCUT2D eigenvalue weighted by Gasteiger charge is -2.62. The monoisotopic (exact) mass is 640 g/mol. The van der Waals surface area contributed by atoms with Gasteiger partial charge >= 0.3 is 11.9 Å². The molecule has 1 unspecified atom stereocenters. The molecule has 0 spiro atoms. The molecule has 4 aliphatic rings. The van der Waals surface area contributed by atoms with E-state index in [1.54, 1.807) is 26.0 Å². The van der Waals surface area contributed by atoms with Crippen LogP contribution in [-0.4, -0.2) is 51.9 Å². The third-order valence-electron chi connectivity index (χ3n) is 11.0. The van der Waals surface area contributed by atoms with Crippen LogP contribution in [0.2, 0.25) is 0 Å². The Kier molecular flexibility index (Phi) is 7.72. The van der Waals surface area contributed by atoms with Crippen LogP contribution in [0.4, 0.5) is 4.39 Å². The smallest absolute Gasteiger partial charge is 0.352 e. The molecule has 242 valence electrons. The summed E-state index contributed by atoms with van der Waals surface area (Å²) >= 11 is 0. The van der Waals surface area contributed by atoms with Crippen LogP contribution < -0.4 is 4.74 Å². The predicted molar refractivity (Wildman–Crippen MR) is 162 cm³/mol. The number of rotatable bonds is 6. The number of nitrogens with zero attached hydrogens (tertiary/aromatic N) is 2. The lowest BCUT2D eigenvalue weighted by molar-refractivity contribution is -0.224. The van der Waals surface area contributed by atoms with Gasteiger partial charge in [-0.05, 0) is 93.5 Å². The summed E-state index contributed by atoms with van der Waals surface area (Å²) in [4.78, 5) is 39.7. The number of benzene rings is 2. The Balaban J connectivity index is 1.30. The van der Waals surface area contributed by atoms with Crippen LogP contribution in [0.3, 0.4) is 0 Å². The van der Waals surface area contributed by atoms with Crippen LogP contribution in [0, 0.1) is 45.3 Å². The average Bonchev–Trinajstić information content (AvgIpc) is 3.33. The number of ether oxygens (including phenoxy) is 3. The summed E-state index contributed by atoms with van der Waals surface area (Å²) in [7, 11) is 0. The second-order valence-electron chi connectivity index (χ2n) is 13.2. The highest BCUT2D eigenvalue weighted by Gasteiger charge is 2.76. The maximum Gasteiger partial charge on any atom is 0.352 e. The number of aliphatic hydroxyl groups excluding tert-OH is 1. The minimum atomic E-state index is -2.14. The van der Waals surface area contributed by atoms with Gasteiger partial charge in [-0.2, -0.15) is 10.5 Å². The molecule has 0 saturated heterocycles. The number of esters is 2. The van der Waals surface area contributed by atoms with Crippen LogP contribution in [0.15, 0.2) is 66.3 Å². The Labute approximate surface area is 270 Å². The number of halogens is 1. The number of phenolic OH excluding ortho intramolecular Hbond substituents is 1. The molecule has 0 bridgehead atoms. The molecule has 2 aromatic rings. The molecule has 2 N–H and O–H groups in total. The van der Waals surface area contributed by atoms with Crippen molar-refractivity contribution in [3.05, 3.63) is 77.4 Å². The Morgan fingerprint density at radius 1 is 1.06 bits per heavy atom. The van der Waals surface area contributed by atoms with Gasteiger partial charge in [-0.15, -0.1) is 0 Å². The van der Waals surface area contributed by atoms with Crippen LogP contribution in [0.25, 0.3) is 0 Å². The van der Waals surface area contributed by atoms with Gasteiger partial charge in [0, 0.05) is 22.8 Å². The van der Waals surface area contributed by atoms with Gasteiger partial charge < -0.3 is 24.4 Å². The van der Waals surface area contributed by atoms with Crippen molar-refractivity contribution in [1.82, 2.24) is 0 Å². The average molecular weight is 641 g/mol. The number of nitriles is 2. The van der Waals surface area contributed by atoms with E-state index in [4.69, 9.17) is 24.7 Å². The Morgan fingerprint density at radius 3 is 2.47 bits per heavy atom. The molecule has 47 heavy (non-hydrogen) atoms. The summed E-state index contributed by atoms with van der Waals surface area (Å²) in [5.41, 5.74) is -5.75. The number of hydrogen-bond acceptors (Lipinski definition) is 10. The summed E-state index contributed by atoms with van der Waals surface area (Å²) < 4.78 is 34.6. The summed E-state index contributed by atoms with van der Waals surface area (Å²) in [6.07, 6.45) is 3.59. The lowest BCUT2D eigenvalue weighted by atomic mass is 9.45. The fourth-order valence-corrected chi connectivity index (χ4v) is 8.64. The van der Waals surface area contributed by atoms with Crippen LogP contribution in [0.1, 0.15) is 61.9 Å². The topological polar surface area (TPSA) is 167 Å². The Morgan fingerprint density at radius 2 is 1.79 bits per heavy atom. The number of phenols is 1. The molecule has 3 fully saturated rings. The van der Waals surface area contributed by atoms with Crippen molar-refractivity contribution in [2.24, 2.45) is 22.7 Å². The van der Waals surface area contributed by atoms with Gasteiger partial charge in [-0.25, -0.2) is 14.0 Å². The molecule has 0 amide bonds. The number of fused-ring (bicyclic) bond motifs is 5. The number of hydrogen-bond donors (Lipinski definition) is 2. The first-order valence-corrected chi connectivity index (χ1v) is 15.4. The van der Waals surface area contributed by atoms with Crippen molar-refractivity contribution in [3.63, 3.8) is 0 Å². The fraction of sp³-hybridized carbons (Fsp3) is 0.417. The normalized spacial score (nSPS) is 33.6. The zero-order valence-corrected chi connectivity index (χ0v) is 25.9. The molecule has 7 atom stereocenters. The zero-order chi connectivity index (χ0) is 33.8. The third kappa shape index (κ3) is 4.72. The SMILES string of the molecule is C[C@]12C=CC(=O)C=C1CC[C@H]1[C@@H]3CC[C@@](OC(=O)c4ccc(Oc5ccc(C#N)c(O)c5)cc4)(C(=O)OCC#N)[C@@]3(C)C[C@H](O)C12F. The van der Waals surface area contributed by atoms with E-state index < -0.39 is 58.6 Å². The first-order chi connectivity index (χ1) is 22.3. The highest BCUT2D eigenvalue weighted by atomic mass is 19.1. The summed E-state index contributed by atoms with van der Waals surface area (Å²) in [5.74, 6) is -2.91. The van der Waals surface area contributed by atoms with Gasteiger partial charge in [0.05, 0.1) is 17.2 Å². The van der Waals surface area contributed by atoms with Gasteiger partial charge in [0.25, 0.3) is 0 Å². The fourth-order valence-electron chi connectivity index (χ4n) is 8.64. The number of ketones is 1. The first-order valence-electron chi connectivity index (χ1n) is 15.4. The molecule has 2 aromatic carbocycles. The van der Waals surface area contributed by atoms with E-state index in [2.05, 4.69) is 0 Å². The van der Waals surface area contributed by atoms with E-state index >= 15 is 4.39 Å². The van der Waals surface area contributed by atoms with E-state index in [0.29, 0.717) is 30.6 Å². The maximum atomic E-state index is 17.5. The molecule has 0 aromatic heterocycles. The molecular formula is C36H33FN2O8. The largest absolute Gasteiger partial charge is 0.506 e. The van der Waals surface area contributed by atoms with Crippen molar-refractivity contribution >= 4 is 17.7 Å². The standard InChI is InChI=1S/C36H33FN2O8/c1-33-13-11-24(40)17-23(33)6-10-28-27-12-14-35(32(44)45-16-15-38,34(27,2)19-30(42)36(28,33)37)47-31(43)21-3-7-25(8-4-21)46-26-9-5-22(20-39)29(41)18-26/h3-5,7-9,11,13,17-18,27-28,30,41-42H,6,10,12,14,16,19H2,1-2H3/t27-,28-,30-,33-,34-,35+,36?/m0/s1. The van der Waals surface area contributed by atoms with Crippen LogP contribution in [-0.2, 0) is 19.1 Å². The van der Waals surface area contributed by atoms with Gasteiger partial charge in [0.2, 0.25) is 5.60 Å². The molecular weight excluding hydrogens is 607 g/mol. The minimum Gasteiger partial charge on any atom is -0.506 e. The van der Waals surface area contributed by atoms with Crippen molar-refractivity contribution < 1.29 is 43.2 Å². The van der Waals surface area contributed by atoms with E-state index in [-0.39, 0.29) is 41.3 Å². The highest BCUT2D eigenvalue weighted by Crippen LogP contribution is 2.70. The quantitative estimate of drug-likeness (QED) is 0.391. The van der Waals surface area contributed by atoms with Gasteiger partial charge in [0.15, 0.2) is 18.1 Å². The Hall–Kier alpha value is -5.00. The van der Waals surface area contributed by atoms with Gasteiger partial charge in [0.1, 0.15) is 29.4 Å². The zero-order valence-electron chi connectivity index (χ0n) is 25.9. The second-order valence-corrected chi connectivity index (χ2v) is 13.2. The maximum absolute atomic E-state index is 17.5. The summed E-state index contributed by atoms with van der Waals surface area (Å²) in [5, 5.41) is 39.8. The van der Waals surface area contributed by atoms with E-state index in [0.717, 1.165) is 0 Å². The first kappa shape index (κ1) is 32.0. The molecule has 11 heteroatoms. The van der Waals surface area contributed by atoms with Crippen molar-refractivity contribution in [2.75, 3.05) is 6.61 Å². The molecule has 3 saturated carbocycles. The molecule has 0 aliphatic heterocycles. The minimum absolute atomic E-state index is 0.000580. The highest BCUT2D eigenvalue weighted by molar-refractivity contribution is 6.01. The number of aromatic hydroxyl groups is 1. The number of alkyl halides is 1. The molecule has 4 aliphatic carbocycles. The van der Waals surface area contributed by atoms with Crippen molar-refractivity contribution in [2.45, 2.75) is 63.3 Å². The van der Waals surface area contributed by atoms with Crippen molar-refractivity contribution in [3.8, 4) is 29.4 Å². The molecule has 6 rings (SSSR count). The van der Waals surface area contributed by atoms with Crippen LogP contribution >= 0.6 is 0 Å². The predicted octanol–water partition coefficient (Wildman–Crippen LogP) is 5.39. The number of allylic oxidation sites excluding steroid dienone is 4. The van der Waals surface area contributed by atoms with E-state index in [1.165, 1.54) is 54.6 Å². The van der Waals surface area contributed by atoms with Crippen molar-refractivity contribution in [1.29, 1.82) is 10.5 Å².